The van der Waals surface area contributed by atoms with Crippen LogP contribution in [0.1, 0.15) is 5.56 Å². The summed E-state index contributed by atoms with van der Waals surface area (Å²) in [6.07, 6.45) is 0.0395. The Labute approximate surface area is 109 Å². The predicted octanol–water partition coefficient (Wildman–Crippen LogP) is -0.169. The molecule has 8 nitrogen and oxygen atoms in total. The quantitative estimate of drug-likeness (QED) is 0.614. The molecule has 0 aromatic heterocycles. The van der Waals surface area contributed by atoms with Crippen LogP contribution in [-0.4, -0.2) is 37.2 Å². The van der Waals surface area contributed by atoms with Gasteiger partial charge in [-0.2, -0.15) is 8.42 Å². The van der Waals surface area contributed by atoms with Gasteiger partial charge in [-0.3, -0.25) is 9.35 Å². The van der Waals surface area contributed by atoms with Gasteiger partial charge in [0.1, 0.15) is 6.04 Å². The van der Waals surface area contributed by atoms with E-state index in [0.29, 0.717) is 5.56 Å². The van der Waals surface area contributed by atoms with E-state index in [1.807, 2.05) is 0 Å². The molecule has 0 saturated carbocycles. The normalized spacial score (nSPS) is 12.8. The lowest BCUT2D eigenvalue weighted by Crippen LogP contribution is -2.32. The standard InChI is InChI=1S/C10H13NO7S/c1-17-9-5-6(4-7(11)10(12)13)2-3-8(9)18-19(14,15)16/h2-3,5,7H,4,11H2,1H3,(H,12,13)(H,14,15,16)/t7-/m0/s1. The van der Waals surface area contributed by atoms with Gasteiger partial charge in [-0.15, -0.1) is 0 Å². The maximum atomic E-state index is 10.6. The number of carbonyl (C=O) groups is 1. The van der Waals surface area contributed by atoms with E-state index in [0.717, 1.165) is 0 Å². The Morgan fingerprint density at radius 2 is 2.05 bits per heavy atom. The minimum absolute atomic E-state index is 0.0349. The maximum Gasteiger partial charge on any atom is 0.446 e. The first kappa shape index (κ1) is 15.2. The molecule has 1 aromatic carbocycles. The topological polar surface area (TPSA) is 136 Å². The summed E-state index contributed by atoms with van der Waals surface area (Å²) in [4.78, 5) is 10.6. The van der Waals surface area contributed by atoms with Crippen LogP contribution >= 0.6 is 0 Å². The lowest BCUT2D eigenvalue weighted by atomic mass is 10.1. The molecule has 0 spiro atoms. The number of carboxylic acids is 1. The molecular weight excluding hydrogens is 278 g/mol. The zero-order valence-electron chi connectivity index (χ0n) is 9.94. The van der Waals surface area contributed by atoms with Crippen molar-refractivity contribution >= 4 is 16.4 Å². The number of rotatable bonds is 6. The minimum Gasteiger partial charge on any atom is -0.493 e. The smallest absolute Gasteiger partial charge is 0.446 e. The fraction of sp³-hybridized carbons (Fsp3) is 0.300. The van der Waals surface area contributed by atoms with Gasteiger partial charge in [0.05, 0.1) is 7.11 Å². The molecule has 0 amide bonds. The summed E-state index contributed by atoms with van der Waals surface area (Å²) in [5, 5.41) is 8.68. The first-order chi connectivity index (χ1) is 8.73. The molecule has 0 aliphatic carbocycles. The summed E-state index contributed by atoms with van der Waals surface area (Å²) in [5.41, 5.74) is 5.89. The number of carboxylic acid groups (broad SMARTS) is 1. The predicted molar refractivity (Wildman–Crippen MR) is 64.5 cm³/mol. The van der Waals surface area contributed by atoms with Crippen LogP contribution in [0.5, 0.6) is 11.5 Å². The summed E-state index contributed by atoms with van der Waals surface area (Å²) in [6.45, 7) is 0. The van der Waals surface area contributed by atoms with Gasteiger partial charge in [-0.05, 0) is 24.1 Å². The number of benzene rings is 1. The molecule has 19 heavy (non-hydrogen) atoms. The maximum absolute atomic E-state index is 10.6. The molecule has 0 unspecified atom stereocenters. The Hall–Kier alpha value is -1.84. The van der Waals surface area contributed by atoms with Crippen molar-refractivity contribution < 1.29 is 31.8 Å². The summed E-state index contributed by atoms with van der Waals surface area (Å²) in [7, 11) is -3.39. The lowest BCUT2D eigenvalue weighted by molar-refractivity contribution is -0.138. The van der Waals surface area contributed by atoms with E-state index >= 15 is 0 Å². The molecule has 4 N–H and O–H groups in total. The molecular formula is C10H13NO7S. The number of hydrogen-bond acceptors (Lipinski definition) is 6. The van der Waals surface area contributed by atoms with Gasteiger partial charge in [0, 0.05) is 0 Å². The van der Waals surface area contributed by atoms with E-state index < -0.39 is 22.4 Å². The third-order valence-corrected chi connectivity index (χ3v) is 2.59. The summed E-state index contributed by atoms with van der Waals surface area (Å²) in [6, 6.07) is 2.95. The van der Waals surface area contributed by atoms with Crippen LogP contribution in [0.25, 0.3) is 0 Å². The lowest BCUT2D eigenvalue weighted by Gasteiger charge is -2.11. The molecule has 0 aliphatic heterocycles. The van der Waals surface area contributed by atoms with Crippen LogP contribution in [0.2, 0.25) is 0 Å². The van der Waals surface area contributed by atoms with Crippen molar-refractivity contribution in [2.45, 2.75) is 12.5 Å². The molecule has 1 atom stereocenters. The van der Waals surface area contributed by atoms with Crippen LogP contribution in [0.3, 0.4) is 0 Å². The largest absolute Gasteiger partial charge is 0.493 e. The van der Waals surface area contributed by atoms with Gasteiger partial charge >= 0.3 is 16.4 Å². The Bertz CT molecular complexity index is 569. The van der Waals surface area contributed by atoms with Gasteiger partial charge < -0.3 is 19.8 Å². The van der Waals surface area contributed by atoms with Crippen molar-refractivity contribution in [3.8, 4) is 11.5 Å². The molecule has 0 bridgehead atoms. The monoisotopic (exact) mass is 291 g/mol. The second-order valence-corrected chi connectivity index (χ2v) is 4.67. The van der Waals surface area contributed by atoms with Crippen molar-refractivity contribution in [2.24, 2.45) is 5.73 Å². The molecule has 1 aromatic rings. The zero-order valence-corrected chi connectivity index (χ0v) is 10.8. The van der Waals surface area contributed by atoms with Crippen LogP contribution < -0.4 is 14.7 Å². The van der Waals surface area contributed by atoms with E-state index in [-0.39, 0.29) is 17.9 Å². The molecule has 1 rings (SSSR count). The number of ether oxygens (including phenoxy) is 1. The first-order valence-corrected chi connectivity index (χ1v) is 6.41. The first-order valence-electron chi connectivity index (χ1n) is 5.05. The van der Waals surface area contributed by atoms with E-state index in [1.165, 1.54) is 25.3 Å². The second kappa shape index (κ2) is 5.87. The SMILES string of the molecule is COc1cc(C[C@H](N)C(=O)O)ccc1OS(=O)(=O)O. The Morgan fingerprint density at radius 1 is 1.42 bits per heavy atom. The fourth-order valence-corrected chi connectivity index (χ4v) is 1.73. The third-order valence-electron chi connectivity index (χ3n) is 2.20. The molecule has 0 radical (unpaired) electrons. The Balaban J connectivity index is 2.99. The van der Waals surface area contributed by atoms with E-state index in [9.17, 15) is 13.2 Å². The highest BCUT2D eigenvalue weighted by Crippen LogP contribution is 2.29. The van der Waals surface area contributed by atoms with E-state index in [4.69, 9.17) is 20.1 Å². The summed E-state index contributed by atoms with van der Waals surface area (Å²) < 4.78 is 38.9. The number of nitrogens with two attached hydrogens (primary N) is 1. The van der Waals surface area contributed by atoms with E-state index in [2.05, 4.69) is 4.18 Å². The van der Waals surface area contributed by atoms with Crippen molar-refractivity contribution in [1.82, 2.24) is 0 Å². The van der Waals surface area contributed by atoms with Gasteiger partial charge in [0.15, 0.2) is 11.5 Å². The van der Waals surface area contributed by atoms with Crippen molar-refractivity contribution in [1.29, 1.82) is 0 Å². The Morgan fingerprint density at radius 3 is 2.53 bits per heavy atom. The average molecular weight is 291 g/mol. The molecule has 0 heterocycles. The van der Waals surface area contributed by atoms with Crippen molar-refractivity contribution in [3.05, 3.63) is 23.8 Å². The highest BCUT2D eigenvalue weighted by molar-refractivity contribution is 7.81. The number of aliphatic carboxylic acids is 1. The van der Waals surface area contributed by atoms with Gasteiger partial charge in [0.25, 0.3) is 0 Å². The van der Waals surface area contributed by atoms with Crippen LogP contribution in [0, 0.1) is 0 Å². The number of hydrogen-bond donors (Lipinski definition) is 3. The van der Waals surface area contributed by atoms with Gasteiger partial charge in [-0.1, -0.05) is 6.07 Å². The van der Waals surface area contributed by atoms with Crippen LogP contribution in [-0.2, 0) is 21.6 Å². The van der Waals surface area contributed by atoms with Gasteiger partial charge in [-0.25, -0.2) is 0 Å². The Kier molecular flexibility index (Phi) is 4.70. The van der Waals surface area contributed by atoms with Crippen LogP contribution in [0.4, 0.5) is 0 Å². The fourth-order valence-electron chi connectivity index (χ4n) is 1.36. The molecule has 0 aliphatic rings. The van der Waals surface area contributed by atoms with Crippen molar-refractivity contribution in [3.63, 3.8) is 0 Å². The summed E-state index contributed by atoms with van der Waals surface area (Å²) in [5.74, 6) is -1.33. The highest BCUT2D eigenvalue weighted by Gasteiger charge is 2.16. The second-order valence-electron chi connectivity index (χ2n) is 3.65. The van der Waals surface area contributed by atoms with Crippen LogP contribution in [0.15, 0.2) is 18.2 Å². The summed E-state index contributed by atoms with van der Waals surface area (Å²) >= 11 is 0. The number of methoxy groups -OCH3 is 1. The third kappa shape index (κ3) is 4.73. The molecule has 106 valence electrons. The van der Waals surface area contributed by atoms with Crippen molar-refractivity contribution in [2.75, 3.05) is 7.11 Å². The average Bonchev–Trinajstić information content (AvgIpc) is 2.29. The molecule has 0 saturated heterocycles. The zero-order chi connectivity index (χ0) is 14.6. The van der Waals surface area contributed by atoms with E-state index in [1.54, 1.807) is 0 Å². The highest BCUT2D eigenvalue weighted by atomic mass is 32.3. The van der Waals surface area contributed by atoms with Gasteiger partial charge in [0.2, 0.25) is 0 Å². The molecule has 9 heteroatoms. The minimum atomic E-state index is -4.66. The molecule has 0 fully saturated rings.